The average molecular weight is 211 g/mol. The summed E-state index contributed by atoms with van der Waals surface area (Å²) in [5, 5.41) is 9.66. The van der Waals surface area contributed by atoms with Crippen LogP contribution in [0.4, 0.5) is 4.39 Å². The van der Waals surface area contributed by atoms with Crippen molar-refractivity contribution in [2.45, 2.75) is 32.4 Å². The summed E-state index contributed by atoms with van der Waals surface area (Å²) >= 11 is 0. The highest BCUT2D eigenvalue weighted by molar-refractivity contribution is 5.19. The second kappa shape index (κ2) is 5.24. The minimum absolute atomic E-state index is 0.191. The van der Waals surface area contributed by atoms with E-state index in [0.717, 1.165) is 5.56 Å². The zero-order chi connectivity index (χ0) is 11.4. The normalized spacial score (nSPS) is 15.3. The molecule has 0 saturated carbocycles. The zero-order valence-corrected chi connectivity index (χ0v) is 9.15. The van der Waals surface area contributed by atoms with Crippen LogP contribution in [0.15, 0.2) is 24.3 Å². The Morgan fingerprint density at radius 1 is 1.27 bits per heavy atom. The van der Waals surface area contributed by atoms with Gasteiger partial charge in [-0.3, -0.25) is 0 Å². The van der Waals surface area contributed by atoms with E-state index in [1.165, 1.54) is 12.1 Å². The molecule has 0 fully saturated rings. The fourth-order valence-corrected chi connectivity index (χ4v) is 1.38. The van der Waals surface area contributed by atoms with Gasteiger partial charge in [0.05, 0.1) is 6.10 Å². The number of aliphatic hydroxyl groups excluding tert-OH is 1. The second-order valence-corrected chi connectivity index (χ2v) is 4.21. The predicted octanol–water partition coefficient (Wildman–Crippen LogP) is 2.23. The molecule has 15 heavy (non-hydrogen) atoms. The fraction of sp³-hybridized carbons (Fsp3) is 0.500. The van der Waals surface area contributed by atoms with Crippen LogP contribution in [0.25, 0.3) is 0 Å². The predicted molar refractivity (Wildman–Crippen MR) is 58.8 cm³/mol. The molecule has 0 amide bonds. The Morgan fingerprint density at radius 2 is 1.80 bits per heavy atom. The lowest BCUT2D eigenvalue weighted by molar-refractivity contribution is 0.108. The highest BCUT2D eigenvalue weighted by Crippen LogP contribution is 2.19. The first-order valence-electron chi connectivity index (χ1n) is 5.20. The van der Waals surface area contributed by atoms with E-state index in [9.17, 15) is 9.50 Å². The van der Waals surface area contributed by atoms with Crippen molar-refractivity contribution in [3.8, 4) is 0 Å². The van der Waals surface area contributed by atoms with Crippen LogP contribution in [0.3, 0.4) is 0 Å². The molecule has 0 heterocycles. The summed E-state index contributed by atoms with van der Waals surface area (Å²) in [4.78, 5) is 0. The van der Waals surface area contributed by atoms with Crippen LogP contribution in [0.2, 0.25) is 0 Å². The molecule has 2 nitrogen and oxygen atoms in total. The summed E-state index contributed by atoms with van der Waals surface area (Å²) in [7, 11) is 0. The van der Waals surface area contributed by atoms with Crippen LogP contribution in [-0.4, -0.2) is 11.2 Å². The Morgan fingerprint density at radius 3 is 2.27 bits per heavy atom. The smallest absolute Gasteiger partial charge is 0.123 e. The van der Waals surface area contributed by atoms with Gasteiger partial charge in [-0.25, -0.2) is 4.39 Å². The topological polar surface area (TPSA) is 46.2 Å². The molecule has 0 unspecified atom stereocenters. The summed E-state index contributed by atoms with van der Waals surface area (Å²) in [5.74, 6) is -0.0770. The lowest BCUT2D eigenvalue weighted by Gasteiger charge is -2.19. The van der Waals surface area contributed by atoms with E-state index in [4.69, 9.17) is 5.73 Å². The Labute approximate surface area is 89.9 Å². The van der Waals surface area contributed by atoms with E-state index in [0.29, 0.717) is 6.42 Å². The van der Waals surface area contributed by atoms with Gasteiger partial charge < -0.3 is 10.8 Å². The van der Waals surface area contributed by atoms with E-state index in [2.05, 4.69) is 0 Å². The standard InChI is InChI=1S/C12H18FNO/c1-8(2)12(15)7-11(14)9-3-5-10(13)6-4-9/h3-6,8,11-12,15H,7,14H2,1-2H3/t11-,12-/m0/s1. The van der Waals surface area contributed by atoms with Crippen molar-refractivity contribution in [2.75, 3.05) is 0 Å². The molecule has 0 bridgehead atoms. The zero-order valence-electron chi connectivity index (χ0n) is 9.15. The van der Waals surface area contributed by atoms with Gasteiger partial charge in [-0.15, -0.1) is 0 Å². The van der Waals surface area contributed by atoms with Crippen molar-refractivity contribution in [1.29, 1.82) is 0 Å². The van der Waals surface area contributed by atoms with Crippen LogP contribution in [0.5, 0.6) is 0 Å². The molecule has 3 heteroatoms. The van der Waals surface area contributed by atoms with Crippen molar-refractivity contribution in [1.82, 2.24) is 0 Å². The molecule has 0 aliphatic carbocycles. The second-order valence-electron chi connectivity index (χ2n) is 4.21. The number of hydrogen-bond donors (Lipinski definition) is 2. The van der Waals surface area contributed by atoms with Crippen LogP contribution >= 0.6 is 0 Å². The number of hydrogen-bond acceptors (Lipinski definition) is 2. The molecular weight excluding hydrogens is 193 g/mol. The SMILES string of the molecule is CC(C)[C@@H](O)C[C@H](N)c1ccc(F)cc1. The Hall–Kier alpha value is -0.930. The molecule has 1 aromatic carbocycles. The van der Waals surface area contributed by atoms with E-state index in [-0.39, 0.29) is 17.8 Å². The third kappa shape index (κ3) is 3.61. The summed E-state index contributed by atoms with van der Waals surface area (Å²) in [6, 6.07) is 5.86. The van der Waals surface area contributed by atoms with Crippen LogP contribution in [0, 0.1) is 11.7 Å². The van der Waals surface area contributed by atoms with Crippen molar-refractivity contribution in [3.63, 3.8) is 0 Å². The number of benzene rings is 1. The van der Waals surface area contributed by atoms with Gasteiger partial charge in [0.1, 0.15) is 5.82 Å². The quantitative estimate of drug-likeness (QED) is 0.802. The molecule has 0 aromatic heterocycles. The van der Waals surface area contributed by atoms with E-state index in [1.54, 1.807) is 12.1 Å². The largest absolute Gasteiger partial charge is 0.393 e. The Balaban J connectivity index is 2.61. The maximum atomic E-state index is 12.7. The molecule has 1 rings (SSSR count). The lowest BCUT2D eigenvalue weighted by atomic mass is 9.96. The van der Waals surface area contributed by atoms with Crippen molar-refractivity contribution in [3.05, 3.63) is 35.6 Å². The van der Waals surface area contributed by atoms with E-state index < -0.39 is 6.10 Å². The van der Waals surface area contributed by atoms with Crippen molar-refractivity contribution < 1.29 is 9.50 Å². The van der Waals surface area contributed by atoms with Crippen LogP contribution < -0.4 is 5.73 Å². The molecule has 0 aliphatic heterocycles. The summed E-state index contributed by atoms with van der Waals surface area (Å²) in [6.45, 7) is 3.89. The number of halogens is 1. The first-order valence-corrected chi connectivity index (χ1v) is 5.20. The third-order valence-corrected chi connectivity index (χ3v) is 2.56. The first kappa shape index (κ1) is 12.1. The number of rotatable bonds is 4. The van der Waals surface area contributed by atoms with Gasteiger partial charge in [-0.2, -0.15) is 0 Å². The van der Waals surface area contributed by atoms with Gasteiger partial charge >= 0.3 is 0 Å². The third-order valence-electron chi connectivity index (χ3n) is 2.56. The molecule has 2 atom stereocenters. The average Bonchev–Trinajstić information content (AvgIpc) is 2.18. The summed E-state index contributed by atoms with van der Waals surface area (Å²) < 4.78 is 12.7. The molecule has 84 valence electrons. The summed E-state index contributed by atoms with van der Waals surface area (Å²) in [5.41, 5.74) is 6.76. The Bertz CT molecular complexity index is 297. The molecule has 0 aliphatic rings. The van der Waals surface area contributed by atoms with Crippen molar-refractivity contribution >= 4 is 0 Å². The maximum absolute atomic E-state index is 12.7. The van der Waals surface area contributed by atoms with Gasteiger partial charge in [0.15, 0.2) is 0 Å². The minimum Gasteiger partial charge on any atom is -0.393 e. The minimum atomic E-state index is -0.412. The fourth-order valence-electron chi connectivity index (χ4n) is 1.38. The van der Waals surface area contributed by atoms with Gasteiger partial charge in [0, 0.05) is 6.04 Å². The molecule has 0 spiro atoms. The number of nitrogens with two attached hydrogens (primary N) is 1. The molecule has 0 saturated heterocycles. The van der Waals surface area contributed by atoms with Gasteiger partial charge in [0.2, 0.25) is 0 Å². The Kier molecular flexibility index (Phi) is 4.24. The first-order chi connectivity index (χ1) is 7.00. The highest BCUT2D eigenvalue weighted by Gasteiger charge is 2.15. The lowest BCUT2D eigenvalue weighted by Crippen LogP contribution is -2.22. The summed E-state index contributed by atoms with van der Waals surface area (Å²) in [6.07, 6.45) is 0.0913. The van der Waals surface area contributed by atoms with E-state index >= 15 is 0 Å². The van der Waals surface area contributed by atoms with Crippen LogP contribution in [0.1, 0.15) is 31.9 Å². The molecule has 1 aromatic rings. The van der Waals surface area contributed by atoms with Crippen molar-refractivity contribution in [2.24, 2.45) is 11.7 Å². The van der Waals surface area contributed by atoms with Gasteiger partial charge in [-0.1, -0.05) is 26.0 Å². The van der Waals surface area contributed by atoms with Gasteiger partial charge in [0.25, 0.3) is 0 Å². The van der Waals surface area contributed by atoms with Gasteiger partial charge in [-0.05, 0) is 30.0 Å². The maximum Gasteiger partial charge on any atom is 0.123 e. The molecular formula is C12H18FNO. The molecule has 0 radical (unpaired) electrons. The highest BCUT2D eigenvalue weighted by atomic mass is 19.1. The molecule has 3 N–H and O–H groups in total. The van der Waals surface area contributed by atoms with E-state index in [1.807, 2.05) is 13.8 Å². The van der Waals surface area contributed by atoms with Crippen LogP contribution in [-0.2, 0) is 0 Å². The number of aliphatic hydroxyl groups is 1. The monoisotopic (exact) mass is 211 g/mol.